The van der Waals surface area contributed by atoms with Crippen LogP contribution in [0.1, 0.15) is 44.8 Å². The first-order valence-corrected chi connectivity index (χ1v) is 10.2. The normalized spacial score (nSPS) is 11.3. The third-order valence-electron chi connectivity index (χ3n) is 4.81. The van der Waals surface area contributed by atoms with Crippen LogP contribution < -0.4 is 5.32 Å². The molecule has 0 bridgehead atoms. The summed E-state index contributed by atoms with van der Waals surface area (Å²) in [6.45, 7) is 1.26. The maximum absolute atomic E-state index is 12.9. The molecule has 1 atom stereocenters. The molecule has 0 spiro atoms. The second-order valence-corrected chi connectivity index (χ2v) is 7.48. The maximum atomic E-state index is 12.9. The fourth-order valence-corrected chi connectivity index (χ4v) is 3.31. The van der Waals surface area contributed by atoms with Crippen LogP contribution in [-0.4, -0.2) is 29.2 Å². The van der Waals surface area contributed by atoms with Gasteiger partial charge >= 0.3 is 5.97 Å². The molecule has 0 aliphatic heterocycles. The number of ether oxygens (including phenoxy) is 1. The molecule has 0 aromatic heterocycles. The van der Waals surface area contributed by atoms with Gasteiger partial charge in [0.15, 0.2) is 12.4 Å². The number of hydrogen-bond donors (Lipinski definition) is 1. The van der Waals surface area contributed by atoms with Crippen molar-refractivity contribution in [2.75, 3.05) is 6.61 Å². The fourth-order valence-electron chi connectivity index (χ4n) is 3.13. The zero-order valence-electron chi connectivity index (χ0n) is 17.5. The molecular weight excluding hydrogens is 448 g/mol. The number of nitrogens with one attached hydrogen (secondary N) is 1. The number of esters is 1. The van der Waals surface area contributed by atoms with E-state index in [9.17, 15) is 24.5 Å². The van der Waals surface area contributed by atoms with Crippen LogP contribution in [0.3, 0.4) is 0 Å². The minimum Gasteiger partial charge on any atom is -0.452 e. The molecule has 33 heavy (non-hydrogen) atoms. The van der Waals surface area contributed by atoms with Crippen molar-refractivity contribution in [3.63, 3.8) is 0 Å². The highest BCUT2D eigenvalue weighted by Gasteiger charge is 2.23. The van der Waals surface area contributed by atoms with E-state index >= 15 is 0 Å². The molecule has 0 unspecified atom stereocenters. The van der Waals surface area contributed by atoms with Crippen molar-refractivity contribution in [3.8, 4) is 0 Å². The highest BCUT2D eigenvalue weighted by atomic mass is 35.5. The summed E-state index contributed by atoms with van der Waals surface area (Å²) in [5, 5.41) is 13.7. The number of nitrogens with zero attached hydrogens (tertiary/aromatic N) is 1. The molecule has 0 saturated carbocycles. The van der Waals surface area contributed by atoms with Gasteiger partial charge in [0, 0.05) is 17.2 Å². The predicted octanol–water partition coefficient (Wildman–Crippen LogP) is 4.51. The van der Waals surface area contributed by atoms with Crippen molar-refractivity contribution < 1.29 is 24.0 Å². The third-order valence-corrected chi connectivity index (χ3v) is 5.13. The minimum absolute atomic E-state index is 0.0132. The Bertz CT molecular complexity index is 1210. The lowest BCUT2D eigenvalue weighted by atomic mass is 9.98. The van der Waals surface area contributed by atoms with Crippen molar-refractivity contribution >= 4 is 34.9 Å². The lowest BCUT2D eigenvalue weighted by Gasteiger charge is -2.14. The van der Waals surface area contributed by atoms with Gasteiger partial charge in [0.1, 0.15) is 5.02 Å². The van der Waals surface area contributed by atoms with Gasteiger partial charge in [-0.1, -0.05) is 60.1 Å². The summed E-state index contributed by atoms with van der Waals surface area (Å²) in [4.78, 5) is 48.2. The lowest BCUT2D eigenvalue weighted by molar-refractivity contribution is -0.384. The Morgan fingerprint density at radius 1 is 1.00 bits per heavy atom. The summed E-state index contributed by atoms with van der Waals surface area (Å²) in [5.41, 5.74) is 0.374. The first-order chi connectivity index (χ1) is 15.8. The Balaban J connectivity index is 1.71. The standard InChI is InChI=1S/C24H19ClN2O6/c1-15(16-7-3-2-4-8-16)26-22(28)14-33-24(30)19-10-6-5-9-18(19)23(29)17-11-12-20(25)21(13-17)27(31)32/h2-13,15H,14H2,1H3,(H,26,28)/t15-/m1/s1. The van der Waals surface area contributed by atoms with E-state index in [2.05, 4.69) is 5.32 Å². The van der Waals surface area contributed by atoms with Gasteiger partial charge in [-0.15, -0.1) is 0 Å². The van der Waals surface area contributed by atoms with Gasteiger partial charge in [0.2, 0.25) is 0 Å². The zero-order valence-corrected chi connectivity index (χ0v) is 18.2. The molecule has 9 heteroatoms. The molecule has 0 fully saturated rings. The number of carbonyl (C=O) groups is 3. The molecule has 3 rings (SSSR count). The molecule has 0 aliphatic rings. The topological polar surface area (TPSA) is 116 Å². The second kappa shape index (κ2) is 10.5. The number of ketones is 1. The van der Waals surface area contributed by atoms with Gasteiger partial charge in [-0.3, -0.25) is 19.7 Å². The summed E-state index contributed by atoms with van der Waals surface area (Å²) in [7, 11) is 0. The molecule has 0 saturated heterocycles. The van der Waals surface area contributed by atoms with Crippen LogP contribution in [0.15, 0.2) is 72.8 Å². The van der Waals surface area contributed by atoms with Crippen LogP contribution in [-0.2, 0) is 9.53 Å². The van der Waals surface area contributed by atoms with Gasteiger partial charge < -0.3 is 10.1 Å². The van der Waals surface area contributed by atoms with Crippen LogP contribution in [0.2, 0.25) is 5.02 Å². The largest absolute Gasteiger partial charge is 0.452 e. The van der Waals surface area contributed by atoms with Crippen LogP contribution >= 0.6 is 11.6 Å². The van der Waals surface area contributed by atoms with Crippen LogP contribution in [0.5, 0.6) is 0 Å². The molecule has 8 nitrogen and oxygen atoms in total. The number of hydrogen-bond acceptors (Lipinski definition) is 6. The van der Waals surface area contributed by atoms with E-state index in [1.54, 1.807) is 13.0 Å². The van der Waals surface area contributed by atoms with Crippen molar-refractivity contribution in [2.45, 2.75) is 13.0 Å². The third kappa shape index (κ3) is 5.81. The highest BCUT2D eigenvalue weighted by molar-refractivity contribution is 6.33. The van der Waals surface area contributed by atoms with Crippen molar-refractivity contribution in [3.05, 3.63) is 110 Å². The quantitative estimate of drug-likeness (QED) is 0.226. The van der Waals surface area contributed by atoms with Crippen LogP contribution in [0.25, 0.3) is 0 Å². The highest BCUT2D eigenvalue weighted by Crippen LogP contribution is 2.27. The van der Waals surface area contributed by atoms with Crippen molar-refractivity contribution in [1.82, 2.24) is 5.32 Å². The smallest absolute Gasteiger partial charge is 0.339 e. The Morgan fingerprint density at radius 2 is 1.64 bits per heavy atom. The van der Waals surface area contributed by atoms with E-state index < -0.39 is 34.9 Å². The minimum atomic E-state index is -0.870. The molecule has 0 aliphatic carbocycles. The number of amides is 1. The second-order valence-electron chi connectivity index (χ2n) is 7.07. The number of halogens is 1. The molecule has 3 aromatic carbocycles. The first-order valence-electron chi connectivity index (χ1n) is 9.87. The summed E-state index contributed by atoms with van der Waals surface area (Å²) in [5.74, 6) is -1.99. The average molecular weight is 467 g/mol. The van der Waals surface area contributed by atoms with Gasteiger partial charge in [-0.05, 0) is 30.7 Å². The van der Waals surface area contributed by atoms with Crippen molar-refractivity contribution in [2.24, 2.45) is 0 Å². The molecule has 3 aromatic rings. The monoisotopic (exact) mass is 466 g/mol. The van der Waals surface area contributed by atoms with Crippen molar-refractivity contribution in [1.29, 1.82) is 0 Å². The van der Waals surface area contributed by atoms with Crippen LogP contribution in [0.4, 0.5) is 5.69 Å². The Hall–Kier alpha value is -4.04. The van der Waals surface area contributed by atoms with E-state index in [-0.39, 0.29) is 27.8 Å². The van der Waals surface area contributed by atoms with Gasteiger partial charge in [-0.25, -0.2) is 4.79 Å². The summed E-state index contributed by atoms with van der Waals surface area (Å²) < 4.78 is 5.10. The predicted molar refractivity (Wildman–Crippen MR) is 121 cm³/mol. The van der Waals surface area contributed by atoms with E-state index in [4.69, 9.17) is 16.3 Å². The maximum Gasteiger partial charge on any atom is 0.339 e. The number of nitro groups is 1. The SMILES string of the molecule is C[C@@H](NC(=O)COC(=O)c1ccccc1C(=O)c1ccc(Cl)c([N+](=O)[O-])c1)c1ccccc1. The molecule has 1 N–H and O–H groups in total. The van der Waals surface area contributed by atoms with Crippen LogP contribution in [0, 0.1) is 10.1 Å². The van der Waals surface area contributed by atoms with E-state index in [1.807, 2.05) is 30.3 Å². The Labute approximate surface area is 194 Å². The molecular formula is C24H19ClN2O6. The lowest BCUT2D eigenvalue weighted by Crippen LogP contribution is -2.31. The number of carbonyl (C=O) groups excluding carboxylic acids is 3. The number of benzene rings is 3. The van der Waals surface area contributed by atoms with Gasteiger partial charge in [-0.2, -0.15) is 0 Å². The van der Waals surface area contributed by atoms with Gasteiger partial charge in [0.25, 0.3) is 11.6 Å². The van der Waals surface area contributed by atoms with E-state index in [0.717, 1.165) is 11.6 Å². The average Bonchev–Trinajstić information content (AvgIpc) is 2.82. The Kier molecular flexibility index (Phi) is 7.53. The first kappa shape index (κ1) is 23.6. The molecule has 168 valence electrons. The van der Waals surface area contributed by atoms with E-state index in [0.29, 0.717) is 0 Å². The van der Waals surface area contributed by atoms with E-state index in [1.165, 1.54) is 30.3 Å². The summed E-state index contributed by atoms with van der Waals surface area (Å²) in [6.07, 6.45) is 0. The van der Waals surface area contributed by atoms with Gasteiger partial charge in [0.05, 0.1) is 16.5 Å². The zero-order chi connectivity index (χ0) is 24.0. The molecule has 0 radical (unpaired) electrons. The molecule has 0 heterocycles. The summed E-state index contributed by atoms with van der Waals surface area (Å²) in [6, 6.07) is 18.5. The number of nitro benzene ring substituents is 1. The fraction of sp³-hybridized carbons (Fsp3) is 0.125. The summed E-state index contributed by atoms with van der Waals surface area (Å²) >= 11 is 5.80. The Morgan fingerprint density at radius 3 is 2.30 bits per heavy atom. The number of rotatable bonds is 8. The molecule has 1 amide bonds.